The predicted octanol–water partition coefficient (Wildman–Crippen LogP) is 2.18. The fourth-order valence-electron chi connectivity index (χ4n) is 1.32. The zero-order valence-corrected chi connectivity index (χ0v) is 9.15. The molecule has 0 bridgehead atoms. The van der Waals surface area contributed by atoms with Crippen LogP contribution in [-0.2, 0) is 7.05 Å². The lowest BCUT2D eigenvalue weighted by Gasteiger charge is -2.07. The van der Waals surface area contributed by atoms with Crippen LogP contribution in [0.15, 0.2) is 24.5 Å². The van der Waals surface area contributed by atoms with Gasteiger partial charge in [-0.3, -0.25) is 4.68 Å². The fourth-order valence-corrected chi connectivity index (χ4v) is 1.32. The van der Waals surface area contributed by atoms with E-state index in [2.05, 4.69) is 29.2 Å². The van der Waals surface area contributed by atoms with Gasteiger partial charge in [-0.05, 0) is 31.0 Å². The molecule has 0 aliphatic rings. The normalized spacial score (nSPS) is 10.3. The molecule has 4 heteroatoms. The largest absolute Gasteiger partial charge is 0.325 e. The molecular formula is C11H14N4. The Morgan fingerprint density at radius 2 is 2.07 bits per heavy atom. The number of hydrogen-bond acceptors (Lipinski definition) is 3. The third-order valence-electron chi connectivity index (χ3n) is 2.45. The Labute approximate surface area is 89.0 Å². The van der Waals surface area contributed by atoms with Crippen LogP contribution < -0.4 is 5.32 Å². The fraction of sp³-hybridized carbons (Fsp3) is 0.273. The first-order valence-electron chi connectivity index (χ1n) is 4.85. The molecule has 78 valence electrons. The minimum absolute atomic E-state index is 0.849. The van der Waals surface area contributed by atoms with Gasteiger partial charge in [-0.2, -0.15) is 5.10 Å². The van der Waals surface area contributed by atoms with Crippen LogP contribution in [0.2, 0.25) is 0 Å². The third kappa shape index (κ3) is 1.98. The van der Waals surface area contributed by atoms with Gasteiger partial charge in [0.1, 0.15) is 11.6 Å². The van der Waals surface area contributed by atoms with Gasteiger partial charge in [-0.25, -0.2) is 4.98 Å². The van der Waals surface area contributed by atoms with Crippen molar-refractivity contribution >= 4 is 11.6 Å². The molecule has 1 N–H and O–H groups in total. The summed E-state index contributed by atoms with van der Waals surface area (Å²) in [5, 5.41) is 7.29. The summed E-state index contributed by atoms with van der Waals surface area (Å²) in [6, 6.07) is 3.94. The molecule has 2 rings (SSSR count). The molecule has 0 saturated heterocycles. The highest BCUT2D eigenvalue weighted by Crippen LogP contribution is 2.15. The highest BCUT2D eigenvalue weighted by atomic mass is 15.3. The Kier molecular flexibility index (Phi) is 2.41. The van der Waals surface area contributed by atoms with E-state index >= 15 is 0 Å². The molecule has 0 atom stereocenters. The van der Waals surface area contributed by atoms with Crippen LogP contribution in [-0.4, -0.2) is 14.8 Å². The molecule has 0 radical (unpaired) electrons. The van der Waals surface area contributed by atoms with Crippen LogP contribution in [0.25, 0.3) is 0 Å². The molecule has 0 aliphatic carbocycles. The zero-order valence-electron chi connectivity index (χ0n) is 9.15. The average molecular weight is 202 g/mol. The predicted molar refractivity (Wildman–Crippen MR) is 60.2 cm³/mol. The molecule has 0 fully saturated rings. The lowest BCUT2D eigenvalue weighted by molar-refractivity contribution is 0.776. The van der Waals surface area contributed by atoms with Crippen molar-refractivity contribution < 1.29 is 0 Å². The Morgan fingerprint density at radius 1 is 1.27 bits per heavy atom. The Bertz CT molecular complexity index is 473. The van der Waals surface area contributed by atoms with E-state index in [0.29, 0.717) is 0 Å². The van der Waals surface area contributed by atoms with Gasteiger partial charge in [0.05, 0.1) is 6.20 Å². The third-order valence-corrected chi connectivity index (χ3v) is 2.45. The quantitative estimate of drug-likeness (QED) is 0.811. The zero-order chi connectivity index (χ0) is 10.8. The molecule has 15 heavy (non-hydrogen) atoms. The van der Waals surface area contributed by atoms with E-state index in [9.17, 15) is 0 Å². The number of pyridine rings is 1. The molecule has 4 nitrogen and oxygen atoms in total. The van der Waals surface area contributed by atoms with E-state index in [1.165, 1.54) is 11.1 Å². The van der Waals surface area contributed by atoms with Crippen molar-refractivity contribution in [1.82, 2.24) is 14.8 Å². The minimum atomic E-state index is 0.849. The number of aryl methyl sites for hydroxylation is 3. The second-order valence-corrected chi connectivity index (χ2v) is 3.62. The van der Waals surface area contributed by atoms with Crippen molar-refractivity contribution in [2.75, 3.05) is 5.32 Å². The van der Waals surface area contributed by atoms with E-state index in [1.54, 1.807) is 10.9 Å². The van der Waals surface area contributed by atoms with E-state index in [-0.39, 0.29) is 0 Å². The minimum Gasteiger partial charge on any atom is -0.325 e. The number of aromatic nitrogens is 3. The molecule has 0 saturated carbocycles. The Morgan fingerprint density at radius 3 is 2.67 bits per heavy atom. The maximum absolute atomic E-state index is 4.30. The molecule has 2 aromatic heterocycles. The molecule has 0 aromatic carbocycles. The summed E-state index contributed by atoms with van der Waals surface area (Å²) in [5.74, 6) is 1.78. The van der Waals surface area contributed by atoms with E-state index in [4.69, 9.17) is 0 Å². The number of hydrogen-bond donors (Lipinski definition) is 1. The highest BCUT2D eigenvalue weighted by molar-refractivity contribution is 5.52. The van der Waals surface area contributed by atoms with Crippen LogP contribution in [0.4, 0.5) is 11.6 Å². The summed E-state index contributed by atoms with van der Waals surface area (Å²) >= 11 is 0. The van der Waals surface area contributed by atoms with Gasteiger partial charge in [-0.15, -0.1) is 0 Å². The van der Waals surface area contributed by atoms with Crippen molar-refractivity contribution in [2.45, 2.75) is 13.8 Å². The van der Waals surface area contributed by atoms with E-state index in [0.717, 1.165) is 11.6 Å². The van der Waals surface area contributed by atoms with Crippen molar-refractivity contribution in [3.8, 4) is 0 Å². The summed E-state index contributed by atoms with van der Waals surface area (Å²) in [4.78, 5) is 4.30. The standard InChI is InChI=1S/C11H14N4/c1-8-6-10(12-7-9(8)2)14-11-4-5-13-15(11)3/h4-7H,1-3H3,(H,12,14). The van der Waals surface area contributed by atoms with Gasteiger partial charge in [0, 0.05) is 19.3 Å². The van der Waals surface area contributed by atoms with Crippen LogP contribution in [0.3, 0.4) is 0 Å². The van der Waals surface area contributed by atoms with E-state index < -0.39 is 0 Å². The average Bonchev–Trinajstić information content (AvgIpc) is 2.59. The molecule has 0 aliphatic heterocycles. The van der Waals surface area contributed by atoms with Crippen LogP contribution in [0, 0.1) is 13.8 Å². The maximum atomic E-state index is 4.30. The first kappa shape index (κ1) is 9.71. The SMILES string of the molecule is Cc1cnc(Nc2ccnn2C)cc1C. The van der Waals surface area contributed by atoms with Crippen molar-refractivity contribution in [2.24, 2.45) is 7.05 Å². The molecule has 0 unspecified atom stereocenters. The summed E-state index contributed by atoms with van der Waals surface area (Å²) < 4.78 is 1.77. The summed E-state index contributed by atoms with van der Waals surface area (Å²) in [5.41, 5.74) is 2.43. The molecule has 2 heterocycles. The first-order valence-corrected chi connectivity index (χ1v) is 4.85. The van der Waals surface area contributed by atoms with Crippen molar-refractivity contribution in [3.63, 3.8) is 0 Å². The van der Waals surface area contributed by atoms with Gasteiger partial charge in [0.25, 0.3) is 0 Å². The topological polar surface area (TPSA) is 42.7 Å². The van der Waals surface area contributed by atoms with Gasteiger partial charge >= 0.3 is 0 Å². The second kappa shape index (κ2) is 3.73. The van der Waals surface area contributed by atoms with Crippen LogP contribution in [0.1, 0.15) is 11.1 Å². The van der Waals surface area contributed by atoms with Gasteiger partial charge in [-0.1, -0.05) is 0 Å². The van der Waals surface area contributed by atoms with Crippen molar-refractivity contribution in [3.05, 3.63) is 35.7 Å². The highest BCUT2D eigenvalue weighted by Gasteiger charge is 2.01. The van der Waals surface area contributed by atoms with Crippen LogP contribution in [0.5, 0.6) is 0 Å². The Balaban J connectivity index is 2.25. The van der Waals surface area contributed by atoms with Crippen molar-refractivity contribution in [1.29, 1.82) is 0 Å². The Hall–Kier alpha value is -1.84. The summed E-state index contributed by atoms with van der Waals surface area (Å²) in [6.45, 7) is 4.13. The van der Waals surface area contributed by atoms with Gasteiger partial charge in [0.15, 0.2) is 0 Å². The van der Waals surface area contributed by atoms with Crippen LogP contribution >= 0.6 is 0 Å². The lowest BCUT2D eigenvalue weighted by atomic mass is 10.2. The van der Waals surface area contributed by atoms with E-state index in [1.807, 2.05) is 25.4 Å². The molecule has 2 aromatic rings. The molecular weight excluding hydrogens is 188 g/mol. The summed E-state index contributed by atoms with van der Waals surface area (Å²) in [7, 11) is 1.89. The summed E-state index contributed by atoms with van der Waals surface area (Å²) in [6.07, 6.45) is 3.62. The number of nitrogens with one attached hydrogen (secondary N) is 1. The van der Waals surface area contributed by atoms with Gasteiger partial charge in [0.2, 0.25) is 0 Å². The lowest BCUT2D eigenvalue weighted by Crippen LogP contribution is -2.01. The first-order chi connectivity index (χ1) is 7.16. The second-order valence-electron chi connectivity index (χ2n) is 3.62. The number of anilines is 2. The maximum Gasteiger partial charge on any atom is 0.131 e. The monoisotopic (exact) mass is 202 g/mol. The van der Waals surface area contributed by atoms with Gasteiger partial charge < -0.3 is 5.32 Å². The number of nitrogens with zero attached hydrogens (tertiary/aromatic N) is 3. The molecule has 0 amide bonds. The number of rotatable bonds is 2. The smallest absolute Gasteiger partial charge is 0.131 e. The molecule has 0 spiro atoms.